The number of ether oxygens (including phenoxy) is 2. The van der Waals surface area contributed by atoms with E-state index in [2.05, 4.69) is 16.3 Å². The molecule has 5 nitrogen and oxygen atoms in total. The molecule has 93 valence electrons. The number of methoxy groups -OCH3 is 2. The highest BCUT2D eigenvalue weighted by atomic mass is 16.5. The monoisotopic (exact) mass is 236 g/mol. The lowest BCUT2D eigenvalue weighted by Crippen LogP contribution is -2.46. The van der Waals surface area contributed by atoms with Gasteiger partial charge < -0.3 is 20.1 Å². The number of hydrogen-bond donors (Lipinski definition) is 1. The summed E-state index contributed by atoms with van der Waals surface area (Å²) >= 11 is 0. The van der Waals surface area contributed by atoms with Crippen molar-refractivity contribution >= 4 is 11.5 Å². The fraction of sp³-hybridized carbons (Fsp3) is 0.500. The summed E-state index contributed by atoms with van der Waals surface area (Å²) in [7, 11) is 3.41. The third-order valence-electron chi connectivity index (χ3n) is 2.99. The van der Waals surface area contributed by atoms with Gasteiger partial charge in [0, 0.05) is 33.6 Å². The van der Waals surface area contributed by atoms with Crippen molar-refractivity contribution < 1.29 is 9.47 Å². The van der Waals surface area contributed by atoms with Gasteiger partial charge in [-0.3, -0.25) is 0 Å². The van der Waals surface area contributed by atoms with Gasteiger partial charge in [0.05, 0.1) is 18.0 Å². The predicted octanol–water partition coefficient (Wildman–Crippen LogP) is 1.07. The number of nitrogen functional groups attached to an aromatic ring is 1. The molecule has 0 aromatic carbocycles. The third kappa shape index (κ3) is 2.68. The Morgan fingerprint density at radius 2 is 2.18 bits per heavy atom. The van der Waals surface area contributed by atoms with Crippen LogP contribution in [0.4, 0.5) is 11.5 Å². The fourth-order valence-electron chi connectivity index (χ4n) is 2.00. The van der Waals surface area contributed by atoms with Crippen LogP contribution < -0.4 is 10.6 Å². The lowest BCUT2D eigenvalue weighted by Gasteiger charge is -2.38. The minimum absolute atomic E-state index is 0.0129. The maximum absolute atomic E-state index is 5.63. The zero-order valence-corrected chi connectivity index (χ0v) is 10.2. The van der Waals surface area contributed by atoms with Crippen LogP contribution in [0, 0.1) is 6.42 Å². The average Bonchev–Trinajstić information content (AvgIpc) is 2.39. The molecular formula is C12H18N3O2. The van der Waals surface area contributed by atoms with Crippen LogP contribution in [-0.4, -0.2) is 38.1 Å². The summed E-state index contributed by atoms with van der Waals surface area (Å²) < 4.78 is 10.8. The summed E-state index contributed by atoms with van der Waals surface area (Å²) in [6.07, 6.45) is 4.71. The van der Waals surface area contributed by atoms with Crippen molar-refractivity contribution in [1.29, 1.82) is 0 Å². The van der Waals surface area contributed by atoms with Crippen molar-refractivity contribution in [2.75, 3.05) is 31.4 Å². The second-order valence-corrected chi connectivity index (χ2v) is 4.04. The van der Waals surface area contributed by atoms with Crippen LogP contribution in [-0.2, 0) is 9.47 Å². The molecule has 1 aliphatic heterocycles. The lowest BCUT2D eigenvalue weighted by molar-refractivity contribution is 0.0193. The molecule has 2 rings (SSSR count). The average molecular weight is 236 g/mol. The predicted molar refractivity (Wildman–Crippen MR) is 66.5 cm³/mol. The second kappa shape index (κ2) is 5.33. The van der Waals surface area contributed by atoms with Crippen molar-refractivity contribution in [3.63, 3.8) is 0 Å². The number of nitrogens with two attached hydrogens (primary N) is 1. The van der Waals surface area contributed by atoms with Crippen LogP contribution in [0.2, 0.25) is 0 Å². The first-order chi connectivity index (χ1) is 8.24. The Kier molecular flexibility index (Phi) is 3.81. The SMILES string of the molecule is COC1[CH]CN(c2ccc(N)cn2)C(OC)C1. The zero-order chi connectivity index (χ0) is 12.3. The van der Waals surface area contributed by atoms with Crippen LogP contribution in [0.15, 0.2) is 18.3 Å². The number of piperidine rings is 1. The van der Waals surface area contributed by atoms with E-state index < -0.39 is 0 Å². The Hall–Kier alpha value is -1.33. The molecule has 1 aromatic rings. The number of aromatic nitrogens is 1. The molecule has 2 unspecified atom stereocenters. The first-order valence-corrected chi connectivity index (χ1v) is 5.61. The van der Waals surface area contributed by atoms with E-state index in [1.807, 2.05) is 12.1 Å². The van der Waals surface area contributed by atoms with Crippen molar-refractivity contribution in [1.82, 2.24) is 4.98 Å². The molecule has 2 N–H and O–H groups in total. The zero-order valence-electron chi connectivity index (χ0n) is 10.2. The summed E-state index contributed by atoms with van der Waals surface area (Å²) in [5.74, 6) is 0.872. The maximum Gasteiger partial charge on any atom is 0.133 e. The van der Waals surface area contributed by atoms with Gasteiger partial charge in [0.15, 0.2) is 0 Å². The Bertz CT molecular complexity index is 355. The Balaban J connectivity index is 2.12. The van der Waals surface area contributed by atoms with E-state index in [4.69, 9.17) is 15.2 Å². The number of anilines is 2. The van der Waals surface area contributed by atoms with Gasteiger partial charge in [-0.25, -0.2) is 4.98 Å². The molecule has 5 heteroatoms. The van der Waals surface area contributed by atoms with Gasteiger partial charge in [-0.05, 0) is 12.1 Å². The lowest BCUT2D eigenvalue weighted by atomic mass is 10.1. The molecule has 1 radical (unpaired) electrons. The molecule has 1 saturated heterocycles. The molecule has 2 atom stereocenters. The normalized spacial score (nSPS) is 24.9. The Morgan fingerprint density at radius 1 is 1.35 bits per heavy atom. The quantitative estimate of drug-likeness (QED) is 0.850. The maximum atomic E-state index is 5.63. The number of pyridine rings is 1. The smallest absolute Gasteiger partial charge is 0.133 e. The van der Waals surface area contributed by atoms with E-state index in [1.54, 1.807) is 20.4 Å². The molecule has 2 heterocycles. The largest absolute Gasteiger partial charge is 0.397 e. The van der Waals surface area contributed by atoms with Gasteiger partial charge in [0.25, 0.3) is 0 Å². The van der Waals surface area contributed by atoms with Crippen molar-refractivity contribution in [2.45, 2.75) is 18.8 Å². The van der Waals surface area contributed by atoms with Crippen molar-refractivity contribution in [3.05, 3.63) is 24.8 Å². The second-order valence-electron chi connectivity index (χ2n) is 4.04. The number of rotatable bonds is 3. The van der Waals surface area contributed by atoms with Crippen LogP contribution in [0.3, 0.4) is 0 Å². The summed E-state index contributed by atoms with van der Waals surface area (Å²) in [6, 6.07) is 3.75. The molecule has 0 spiro atoms. The third-order valence-corrected chi connectivity index (χ3v) is 2.99. The molecular weight excluding hydrogens is 218 g/mol. The highest BCUT2D eigenvalue weighted by Crippen LogP contribution is 2.24. The number of hydrogen-bond acceptors (Lipinski definition) is 5. The summed E-state index contributed by atoms with van der Waals surface area (Å²) in [5, 5.41) is 0. The van der Waals surface area contributed by atoms with E-state index in [0.717, 1.165) is 18.8 Å². The van der Waals surface area contributed by atoms with E-state index in [1.165, 1.54) is 0 Å². The first kappa shape index (κ1) is 12.1. The Morgan fingerprint density at radius 3 is 2.76 bits per heavy atom. The molecule has 0 bridgehead atoms. The molecule has 17 heavy (non-hydrogen) atoms. The van der Waals surface area contributed by atoms with Crippen molar-refractivity contribution in [2.24, 2.45) is 0 Å². The van der Waals surface area contributed by atoms with E-state index in [9.17, 15) is 0 Å². The topological polar surface area (TPSA) is 60.6 Å². The minimum Gasteiger partial charge on any atom is -0.397 e. The molecule has 0 amide bonds. The van der Waals surface area contributed by atoms with Crippen molar-refractivity contribution in [3.8, 4) is 0 Å². The molecule has 0 saturated carbocycles. The van der Waals surface area contributed by atoms with Crippen LogP contribution in [0.1, 0.15) is 6.42 Å². The molecule has 1 aliphatic rings. The Labute approximate surface area is 102 Å². The van der Waals surface area contributed by atoms with E-state index in [-0.39, 0.29) is 12.3 Å². The molecule has 1 fully saturated rings. The highest BCUT2D eigenvalue weighted by molar-refractivity contribution is 5.47. The van der Waals surface area contributed by atoms with E-state index in [0.29, 0.717) is 5.69 Å². The fourth-order valence-corrected chi connectivity index (χ4v) is 2.00. The van der Waals surface area contributed by atoms with Gasteiger partial charge in [-0.2, -0.15) is 0 Å². The summed E-state index contributed by atoms with van der Waals surface area (Å²) in [4.78, 5) is 6.40. The molecule has 0 aliphatic carbocycles. The minimum atomic E-state index is -0.0129. The summed E-state index contributed by atoms with van der Waals surface area (Å²) in [5.41, 5.74) is 6.29. The number of nitrogens with zero attached hydrogens (tertiary/aromatic N) is 2. The van der Waals surface area contributed by atoms with Gasteiger partial charge in [-0.15, -0.1) is 0 Å². The van der Waals surface area contributed by atoms with Gasteiger partial charge in [-0.1, -0.05) is 0 Å². The molecule has 1 aromatic heterocycles. The first-order valence-electron chi connectivity index (χ1n) is 5.61. The van der Waals surface area contributed by atoms with Gasteiger partial charge in [0.1, 0.15) is 12.0 Å². The highest BCUT2D eigenvalue weighted by Gasteiger charge is 2.29. The van der Waals surface area contributed by atoms with Crippen LogP contribution in [0.5, 0.6) is 0 Å². The van der Waals surface area contributed by atoms with Crippen LogP contribution >= 0.6 is 0 Å². The van der Waals surface area contributed by atoms with E-state index >= 15 is 0 Å². The van der Waals surface area contributed by atoms with Gasteiger partial charge >= 0.3 is 0 Å². The van der Waals surface area contributed by atoms with Gasteiger partial charge in [0.2, 0.25) is 0 Å². The standard InChI is InChI=1S/C12H18N3O2/c1-16-10-5-6-15(12(7-10)17-2)11-4-3-9(13)8-14-11/h3-5,8,10,12H,6-7,13H2,1-2H3. The summed E-state index contributed by atoms with van der Waals surface area (Å²) in [6.45, 7) is 0.758. The van der Waals surface area contributed by atoms with Crippen LogP contribution in [0.25, 0.3) is 0 Å².